The first-order valence-electron chi connectivity index (χ1n) is 11.0. The van der Waals surface area contributed by atoms with Crippen LogP contribution in [0.5, 0.6) is 0 Å². The molecule has 36 heavy (non-hydrogen) atoms. The van der Waals surface area contributed by atoms with Crippen molar-refractivity contribution in [3.05, 3.63) is 91.5 Å². The Labute approximate surface area is 204 Å². The van der Waals surface area contributed by atoms with E-state index in [1.807, 2.05) is 13.0 Å². The number of hydrogen-bond donors (Lipinski definition) is 0. The Kier molecular flexibility index (Phi) is 6.43. The maximum Gasteiger partial charge on any atom is 0.282 e. The average Bonchev–Trinajstić information content (AvgIpc) is 3.10. The third kappa shape index (κ3) is 4.35. The zero-order valence-electron chi connectivity index (χ0n) is 19.0. The van der Waals surface area contributed by atoms with Crippen LogP contribution in [0.1, 0.15) is 40.5 Å². The summed E-state index contributed by atoms with van der Waals surface area (Å²) in [4.78, 5) is 74.2. The summed E-state index contributed by atoms with van der Waals surface area (Å²) in [5.41, 5.74) is -0.294. The summed E-state index contributed by atoms with van der Waals surface area (Å²) in [5, 5.41) is 23.7. The first kappa shape index (κ1) is 24.4. The number of hydrogen-bond acceptors (Lipinski definition) is 8. The molecule has 2 aromatic rings. The molecule has 1 aliphatic carbocycles. The highest BCUT2D eigenvalue weighted by molar-refractivity contribution is 6.10. The van der Waals surface area contributed by atoms with Gasteiger partial charge >= 0.3 is 0 Å². The number of nitro benzene ring substituents is 2. The SMILES string of the molecule is CC1=CC[C@@H]2C(=O)N(N(CC(=O)c3ccc([N+](=O)[O-])cc3)C(=O)c3ccccc3[N+](=O)[O-])C(=O)[C@@H]2C1. The van der Waals surface area contributed by atoms with Crippen molar-refractivity contribution in [1.29, 1.82) is 0 Å². The number of nitrogens with zero attached hydrogens (tertiary/aromatic N) is 4. The highest BCUT2D eigenvalue weighted by atomic mass is 16.6. The van der Waals surface area contributed by atoms with Crippen molar-refractivity contribution in [3.8, 4) is 0 Å². The van der Waals surface area contributed by atoms with Gasteiger partial charge in [-0.3, -0.25) is 39.4 Å². The number of nitro groups is 2. The molecule has 1 saturated heterocycles. The van der Waals surface area contributed by atoms with Gasteiger partial charge in [0.1, 0.15) is 12.1 Å². The van der Waals surface area contributed by atoms with Gasteiger partial charge in [-0.2, -0.15) is 5.01 Å². The largest absolute Gasteiger partial charge is 0.292 e. The van der Waals surface area contributed by atoms with Crippen molar-refractivity contribution in [2.45, 2.75) is 19.8 Å². The molecule has 4 rings (SSSR count). The van der Waals surface area contributed by atoms with Gasteiger partial charge in [-0.1, -0.05) is 23.8 Å². The van der Waals surface area contributed by atoms with E-state index in [0.717, 1.165) is 23.8 Å². The molecule has 0 spiro atoms. The number of Topliss-reactive ketones (excluding diaryl/α,β-unsaturated/α-hetero) is 1. The number of ketones is 1. The molecule has 0 unspecified atom stereocenters. The van der Waals surface area contributed by atoms with Gasteiger partial charge in [-0.15, -0.1) is 0 Å². The smallest absolute Gasteiger partial charge is 0.282 e. The van der Waals surface area contributed by atoms with Crippen molar-refractivity contribution in [2.75, 3.05) is 6.54 Å². The van der Waals surface area contributed by atoms with E-state index in [1.54, 1.807) is 0 Å². The average molecular weight is 492 g/mol. The van der Waals surface area contributed by atoms with E-state index in [-0.39, 0.29) is 11.3 Å². The molecule has 1 heterocycles. The summed E-state index contributed by atoms with van der Waals surface area (Å²) < 4.78 is 0. The topological polar surface area (TPSA) is 161 Å². The molecule has 12 heteroatoms. The second-order valence-electron chi connectivity index (χ2n) is 8.56. The molecule has 0 radical (unpaired) electrons. The molecule has 12 nitrogen and oxygen atoms in total. The van der Waals surface area contributed by atoms with Gasteiger partial charge in [0.05, 0.1) is 21.7 Å². The Morgan fingerprint density at radius 1 is 0.972 bits per heavy atom. The molecule has 1 aliphatic heterocycles. The van der Waals surface area contributed by atoms with Gasteiger partial charge in [0.15, 0.2) is 5.78 Å². The normalized spacial score (nSPS) is 18.9. The van der Waals surface area contributed by atoms with Crippen molar-refractivity contribution >= 4 is 34.9 Å². The third-order valence-electron chi connectivity index (χ3n) is 6.30. The van der Waals surface area contributed by atoms with Crippen molar-refractivity contribution < 1.29 is 29.0 Å². The molecule has 184 valence electrons. The number of imide groups is 1. The maximum absolute atomic E-state index is 13.5. The number of carbonyl (C=O) groups is 4. The maximum atomic E-state index is 13.5. The predicted molar refractivity (Wildman–Crippen MR) is 123 cm³/mol. The molecule has 0 aromatic heterocycles. The lowest BCUT2D eigenvalue weighted by Gasteiger charge is -2.30. The highest BCUT2D eigenvalue weighted by Gasteiger charge is 2.52. The van der Waals surface area contributed by atoms with Gasteiger partial charge in [0, 0.05) is 23.8 Å². The summed E-state index contributed by atoms with van der Waals surface area (Å²) in [7, 11) is 0. The molecule has 2 aromatic carbocycles. The van der Waals surface area contributed by atoms with E-state index >= 15 is 0 Å². The predicted octanol–water partition coefficient (Wildman–Crippen LogP) is 3.08. The monoisotopic (exact) mass is 492 g/mol. The molecule has 2 aliphatic rings. The third-order valence-corrected chi connectivity index (χ3v) is 6.30. The molecule has 0 N–H and O–H groups in total. The van der Waals surface area contributed by atoms with Crippen molar-refractivity contribution in [1.82, 2.24) is 10.0 Å². The van der Waals surface area contributed by atoms with E-state index in [1.165, 1.54) is 30.3 Å². The number of carbonyl (C=O) groups excluding carboxylic acids is 4. The standard InChI is InChI=1S/C24H20N4O8/c1-14-6-11-17-19(12-14)24(32)26(23(17)31)25(22(30)18-4-2-3-5-20(18)28(35)36)13-21(29)15-7-9-16(10-8-15)27(33)34/h2-10,17,19H,11-13H2,1H3/t17-,19+/m0/s1. The van der Waals surface area contributed by atoms with E-state index in [9.17, 15) is 39.4 Å². The van der Waals surface area contributed by atoms with Crippen LogP contribution in [0.2, 0.25) is 0 Å². The first-order valence-corrected chi connectivity index (χ1v) is 11.0. The Balaban J connectivity index is 1.73. The quantitative estimate of drug-likeness (QED) is 0.187. The van der Waals surface area contributed by atoms with Gasteiger partial charge in [-0.25, -0.2) is 5.01 Å². The summed E-state index contributed by atoms with van der Waals surface area (Å²) in [6.45, 7) is 1.04. The zero-order valence-corrected chi connectivity index (χ0v) is 19.0. The van der Waals surface area contributed by atoms with Crippen LogP contribution in [0.4, 0.5) is 11.4 Å². The van der Waals surface area contributed by atoms with Gasteiger partial charge < -0.3 is 0 Å². The fraction of sp³-hybridized carbons (Fsp3) is 0.250. The number of para-hydroxylation sites is 1. The lowest BCUT2D eigenvalue weighted by molar-refractivity contribution is -0.385. The lowest BCUT2D eigenvalue weighted by atomic mass is 9.82. The zero-order chi connectivity index (χ0) is 26.1. The summed E-state index contributed by atoms with van der Waals surface area (Å²) >= 11 is 0. The van der Waals surface area contributed by atoms with E-state index < -0.39 is 63.0 Å². The van der Waals surface area contributed by atoms with Gasteiger partial charge in [-0.05, 0) is 38.0 Å². The fourth-order valence-corrected chi connectivity index (χ4v) is 4.44. The summed E-state index contributed by atoms with van der Waals surface area (Å²) in [6, 6.07) is 9.61. The fourth-order valence-electron chi connectivity index (χ4n) is 4.44. The number of allylic oxidation sites excluding steroid dienone is 2. The number of fused-ring (bicyclic) bond motifs is 1. The van der Waals surface area contributed by atoms with Crippen molar-refractivity contribution in [3.63, 3.8) is 0 Å². The molecular formula is C24H20N4O8. The van der Waals surface area contributed by atoms with Crippen LogP contribution in [0.3, 0.4) is 0 Å². The Morgan fingerprint density at radius 2 is 1.61 bits per heavy atom. The minimum Gasteiger partial charge on any atom is -0.292 e. The number of hydrazine groups is 1. The second-order valence-corrected chi connectivity index (χ2v) is 8.56. The molecule has 3 amide bonds. The summed E-state index contributed by atoms with van der Waals surface area (Å²) in [6.07, 6.45) is 2.45. The molecule has 0 bridgehead atoms. The Morgan fingerprint density at radius 3 is 2.25 bits per heavy atom. The van der Waals surface area contributed by atoms with Crippen molar-refractivity contribution in [2.24, 2.45) is 11.8 Å². The van der Waals surface area contributed by atoms with Crippen LogP contribution in [-0.4, -0.2) is 49.9 Å². The minimum atomic E-state index is -1.07. The number of non-ortho nitro benzene ring substituents is 1. The summed E-state index contributed by atoms with van der Waals surface area (Å²) in [5.74, 6) is -4.54. The van der Waals surface area contributed by atoms with Gasteiger partial charge in [0.2, 0.25) is 0 Å². The number of benzene rings is 2. The van der Waals surface area contributed by atoms with Crippen LogP contribution in [0.25, 0.3) is 0 Å². The number of rotatable bonds is 7. The lowest BCUT2D eigenvalue weighted by Crippen LogP contribution is -2.52. The van der Waals surface area contributed by atoms with Crippen LogP contribution < -0.4 is 0 Å². The minimum absolute atomic E-state index is 0.00464. The highest BCUT2D eigenvalue weighted by Crippen LogP contribution is 2.39. The van der Waals surface area contributed by atoms with E-state index in [2.05, 4.69) is 0 Å². The van der Waals surface area contributed by atoms with Crippen LogP contribution in [0.15, 0.2) is 60.2 Å². The molecule has 1 fully saturated rings. The van der Waals surface area contributed by atoms with Crippen LogP contribution >= 0.6 is 0 Å². The molecular weight excluding hydrogens is 472 g/mol. The molecule has 2 atom stereocenters. The van der Waals surface area contributed by atoms with Crippen LogP contribution in [0, 0.1) is 32.1 Å². The second kappa shape index (κ2) is 9.49. The molecule has 0 saturated carbocycles. The van der Waals surface area contributed by atoms with E-state index in [0.29, 0.717) is 22.9 Å². The first-order chi connectivity index (χ1) is 17.1. The Hall–Kier alpha value is -4.74. The Bertz CT molecular complexity index is 1330. The van der Waals surface area contributed by atoms with E-state index in [4.69, 9.17) is 0 Å². The van der Waals surface area contributed by atoms with Crippen LogP contribution in [-0.2, 0) is 9.59 Å². The number of amides is 3. The van der Waals surface area contributed by atoms with Gasteiger partial charge in [0.25, 0.3) is 29.1 Å².